The zero-order valence-corrected chi connectivity index (χ0v) is 19.8. The van der Waals surface area contributed by atoms with Gasteiger partial charge < -0.3 is 14.8 Å². The van der Waals surface area contributed by atoms with E-state index in [2.05, 4.69) is 26.1 Å². The van der Waals surface area contributed by atoms with E-state index in [0.29, 0.717) is 22.0 Å². The Balaban J connectivity index is 2.02. The molecule has 32 heavy (non-hydrogen) atoms. The Morgan fingerprint density at radius 2 is 1.84 bits per heavy atom. The predicted octanol–water partition coefficient (Wildman–Crippen LogP) is 5.23. The van der Waals surface area contributed by atoms with Crippen LogP contribution in [-0.4, -0.2) is 37.2 Å². The van der Waals surface area contributed by atoms with Gasteiger partial charge in [-0.05, 0) is 41.7 Å². The Labute approximate surface area is 194 Å². The quantitative estimate of drug-likeness (QED) is 0.604. The number of amides is 2. The standard InChI is InChI=1S/C25H29ClN2O4/c1-6-31-23(29)21-20(15-32-19-9-7-8-18(26)14-19)28(5)24(30)27-22(21)16-10-12-17(13-11-16)25(2,3)4/h7-14,22H,6,15H2,1-5H3,(H,27,30). The van der Waals surface area contributed by atoms with Crippen LogP contribution in [0.1, 0.15) is 44.9 Å². The summed E-state index contributed by atoms with van der Waals surface area (Å²) in [5.41, 5.74) is 2.73. The summed E-state index contributed by atoms with van der Waals surface area (Å²) in [5.74, 6) is 0.0487. The van der Waals surface area contributed by atoms with Crippen LogP contribution in [0.15, 0.2) is 59.8 Å². The fourth-order valence-corrected chi connectivity index (χ4v) is 3.70. The minimum Gasteiger partial charge on any atom is -0.487 e. The summed E-state index contributed by atoms with van der Waals surface area (Å²) < 4.78 is 11.2. The lowest BCUT2D eigenvalue weighted by atomic mass is 9.85. The Hall–Kier alpha value is -2.99. The first-order valence-corrected chi connectivity index (χ1v) is 10.9. The van der Waals surface area contributed by atoms with Crippen molar-refractivity contribution in [2.24, 2.45) is 0 Å². The molecule has 0 saturated carbocycles. The third-order valence-corrected chi connectivity index (χ3v) is 5.59. The third-order valence-electron chi connectivity index (χ3n) is 5.35. The van der Waals surface area contributed by atoms with Gasteiger partial charge in [0.25, 0.3) is 0 Å². The molecule has 1 aliphatic rings. The number of likely N-dealkylation sites (N-methyl/N-ethyl adjacent to an activating group) is 1. The molecule has 1 aliphatic heterocycles. The van der Waals surface area contributed by atoms with Crippen molar-refractivity contribution in [3.63, 3.8) is 0 Å². The summed E-state index contributed by atoms with van der Waals surface area (Å²) >= 11 is 6.05. The largest absolute Gasteiger partial charge is 0.487 e. The summed E-state index contributed by atoms with van der Waals surface area (Å²) in [4.78, 5) is 27.1. The fraction of sp³-hybridized carbons (Fsp3) is 0.360. The van der Waals surface area contributed by atoms with Crippen LogP contribution in [-0.2, 0) is 14.9 Å². The Bertz CT molecular complexity index is 1020. The molecule has 0 aromatic heterocycles. The van der Waals surface area contributed by atoms with Crippen molar-refractivity contribution in [3.05, 3.63) is 76.0 Å². The maximum atomic E-state index is 13.0. The monoisotopic (exact) mass is 456 g/mol. The number of rotatable bonds is 6. The molecule has 0 aliphatic carbocycles. The van der Waals surface area contributed by atoms with Crippen molar-refractivity contribution in [1.29, 1.82) is 0 Å². The number of nitrogens with zero attached hydrogens (tertiary/aromatic N) is 1. The predicted molar refractivity (Wildman–Crippen MR) is 125 cm³/mol. The highest BCUT2D eigenvalue weighted by Gasteiger charge is 2.37. The molecule has 2 aromatic carbocycles. The highest BCUT2D eigenvalue weighted by molar-refractivity contribution is 6.30. The molecular formula is C25H29ClN2O4. The molecule has 170 valence electrons. The normalized spacial score (nSPS) is 16.6. The maximum Gasteiger partial charge on any atom is 0.338 e. The van der Waals surface area contributed by atoms with Crippen LogP contribution in [0.4, 0.5) is 4.79 Å². The fourth-order valence-electron chi connectivity index (χ4n) is 3.52. The molecule has 1 heterocycles. The van der Waals surface area contributed by atoms with Crippen molar-refractivity contribution in [3.8, 4) is 5.75 Å². The zero-order chi connectivity index (χ0) is 23.5. The lowest BCUT2D eigenvalue weighted by Crippen LogP contribution is -2.48. The number of halogens is 1. The van der Waals surface area contributed by atoms with E-state index >= 15 is 0 Å². The second-order valence-electron chi connectivity index (χ2n) is 8.64. The first-order chi connectivity index (χ1) is 15.1. The Kier molecular flexibility index (Phi) is 7.14. The van der Waals surface area contributed by atoms with Crippen LogP contribution in [0.2, 0.25) is 5.02 Å². The number of hydrogen-bond donors (Lipinski definition) is 1. The number of ether oxygens (including phenoxy) is 2. The second-order valence-corrected chi connectivity index (χ2v) is 9.08. The van der Waals surface area contributed by atoms with E-state index in [-0.39, 0.29) is 24.7 Å². The number of carbonyl (C=O) groups excluding carboxylic acids is 2. The molecule has 3 rings (SSSR count). The number of carbonyl (C=O) groups is 2. The van der Waals surface area contributed by atoms with E-state index in [9.17, 15) is 9.59 Å². The summed E-state index contributed by atoms with van der Waals surface area (Å²) in [7, 11) is 1.60. The molecule has 7 heteroatoms. The minimum atomic E-state index is -0.648. The lowest BCUT2D eigenvalue weighted by molar-refractivity contribution is -0.139. The number of nitrogens with one attached hydrogen (secondary N) is 1. The van der Waals surface area contributed by atoms with E-state index in [4.69, 9.17) is 21.1 Å². The van der Waals surface area contributed by atoms with Crippen molar-refractivity contribution in [1.82, 2.24) is 10.2 Å². The zero-order valence-electron chi connectivity index (χ0n) is 19.1. The Morgan fingerprint density at radius 1 is 1.16 bits per heavy atom. The second kappa shape index (κ2) is 9.65. The molecule has 0 bridgehead atoms. The van der Waals surface area contributed by atoms with Crippen LogP contribution in [0.3, 0.4) is 0 Å². The molecular weight excluding hydrogens is 428 g/mol. The van der Waals surface area contributed by atoms with Crippen molar-refractivity contribution < 1.29 is 19.1 Å². The maximum absolute atomic E-state index is 13.0. The van der Waals surface area contributed by atoms with Crippen molar-refractivity contribution >= 4 is 23.6 Å². The molecule has 0 radical (unpaired) electrons. The molecule has 2 amide bonds. The van der Waals surface area contributed by atoms with Crippen molar-refractivity contribution in [2.75, 3.05) is 20.3 Å². The Morgan fingerprint density at radius 3 is 2.44 bits per heavy atom. The molecule has 6 nitrogen and oxygen atoms in total. The van der Waals surface area contributed by atoms with Gasteiger partial charge in [0.1, 0.15) is 12.4 Å². The van der Waals surface area contributed by atoms with Gasteiger partial charge in [0, 0.05) is 12.1 Å². The topological polar surface area (TPSA) is 67.9 Å². The summed E-state index contributed by atoms with van der Waals surface area (Å²) in [6.07, 6.45) is 0. The van der Waals surface area contributed by atoms with Gasteiger partial charge in [0.05, 0.1) is 23.9 Å². The molecule has 1 atom stereocenters. The molecule has 0 spiro atoms. The van der Waals surface area contributed by atoms with Gasteiger partial charge in [-0.1, -0.05) is 62.7 Å². The van der Waals surface area contributed by atoms with E-state index in [1.807, 2.05) is 24.3 Å². The minimum absolute atomic E-state index is 0.00891. The smallest absolute Gasteiger partial charge is 0.338 e. The van der Waals surface area contributed by atoms with Crippen LogP contribution < -0.4 is 10.1 Å². The number of hydrogen-bond acceptors (Lipinski definition) is 4. The molecule has 0 saturated heterocycles. The third kappa shape index (κ3) is 5.25. The van der Waals surface area contributed by atoms with Gasteiger partial charge in [-0.2, -0.15) is 0 Å². The van der Waals surface area contributed by atoms with E-state index in [1.54, 1.807) is 38.2 Å². The number of esters is 1. The van der Waals surface area contributed by atoms with E-state index in [1.165, 1.54) is 4.90 Å². The molecule has 1 unspecified atom stereocenters. The summed E-state index contributed by atoms with van der Waals surface area (Å²) in [6.45, 7) is 8.38. The molecule has 2 aromatic rings. The molecule has 1 N–H and O–H groups in total. The average molecular weight is 457 g/mol. The van der Waals surface area contributed by atoms with Gasteiger partial charge in [-0.3, -0.25) is 4.90 Å². The van der Waals surface area contributed by atoms with Crippen LogP contribution in [0.5, 0.6) is 5.75 Å². The number of urea groups is 1. The lowest BCUT2D eigenvalue weighted by Gasteiger charge is -2.34. The molecule has 0 fully saturated rings. The summed E-state index contributed by atoms with van der Waals surface area (Å²) in [5, 5.41) is 3.45. The van der Waals surface area contributed by atoms with Gasteiger partial charge in [-0.25, -0.2) is 9.59 Å². The SMILES string of the molecule is CCOC(=O)C1=C(COc2cccc(Cl)c2)N(C)C(=O)NC1c1ccc(C(C)(C)C)cc1. The highest BCUT2D eigenvalue weighted by atomic mass is 35.5. The number of benzene rings is 2. The summed E-state index contributed by atoms with van der Waals surface area (Å²) in [6, 6.07) is 13.9. The van der Waals surface area contributed by atoms with E-state index < -0.39 is 12.0 Å². The van der Waals surface area contributed by atoms with Gasteiger partial charge >= 0.3 is 12.0 Å². The first-order valence-electron chi connectivity index (χ1n) is 10.5. The van der Waals surface area contributed by atoms with Gasteiger partial charge in [0.2, 0.25) is 0 Å². The highest BCUT2D eigenvalue weighted by Crippen LogP contribution is 2.33. The van der Waals surface area contributed by atoms with Crippen LogP contribution in [0.25, 0.3) is 0 Å². The van der Waals surface area contributed by atoms with Crippen LogP contribution in [0, 0.1) is 0 Å². The van der Waals surface area contributed by atoms with Crippen LogP contribution >= 0.6 is 11.6 Å². The van der Waals surface area contributed by atoms with Gasteiger partial charge in [-0.15, -0.1) is 0 Å². The average Bonchev–Trinajstić information content (AvgIpc) is 2.74. The van der Waals surface area contributed by atoms with Crippen molar-refractivity contribution in [2.45, 2.75) is 39.2 Å². The van der Waals surface area contributed by atoms with E-state index in [0.717, 1.165) is 11.1 Å². The first kappa shape index (κ1) is 23.7. The van der Waals surface area contributed by atoms with Gasteiger partial charge in [0.15, 0.2) is 0 Å².